The minimum atomic E-state index is -0.823. The topological polar surface area (TPSA) is 91.8 Å². The first-order valence-corrected chi connectivity index (χ1v) is 6.36. The fourth-order valence-electron chi connectivity index (χ4n) is 2.21. The summed E-state index contributed by atoms with van der Waals surface area (Å²) in [5, 5.41) is 11.5. The van der Waals surface area contributed by atoms with Gasteiger partial charge in [-0.2, -0.15) is 0 Å². The second-order valence-corrected chi connectivity index (χ2v) is 4.72. The monoisotopic (exact) mass is 279 g/mol. The van der Waals surface area contributed by atoms with Crippen molar-refractivity contribution in [2.24, 2.45) is 5.92 Å². The quantitative estimate of drug-likeness (QED) is 0.869. The highest BCUT2D eigenvalue weighted by Crippen LogP contribution is 2.20. The van der Waals surface area contributed by atoms with Crippen molar-refractivity contribution in [2.45, 2.75) is 12.8 Å². The zero-order valence-electron chi connectivity index (χ0n) is 11.2. The summed E-state index contributed by atoms with van der Waals surface area (Å²) < 4.78 is 4.94. The Balaban J connectivity index is 1.87. The van der Waals surface area contributed by atoms with Crippen LogP contribution < -0.4 is 10.1 Å². The Bertz CT molecular complexity index is 489. The van der Waals surface area contributed by atoms with Gasteiger partial charge in [-0.3, -0.25) is 4.79 Å². The van der Waals surface area contributed by atoms with Crippen molar-refractivity contribution in [3.8, 4) is 5.88 Å². The Morgan fingerprint density at radius 2 is 2.35 bits per heavy atom. The van der Waals surface area contributed by atoms with Crippen molar-refractivity contribution in [1.82, 2.24) is 9.88 Å². The number of aromatic nitrogens is 1. The number of pyridine rings is 1. The van der Waals surface area contributed by atoms with E-state index in [0.29, 0.717) is 24.7 Å². The second kappa shape index (κ2) is 6.23. The summed E-state index contributed by atoms with van der Waals surface area (Å²) in [6, 6.07) is 3.13. The summed E-state index contributed by atoms with van der Waals surface area (Å²) in [5.41, 5.74) is 0.581. The van der Waals surface area contributed by atoms with Crippen LogP contribution in [0.3, 0.4) is 0 Å². The SMILES string of the molecule is COc1ccc(NC(=O)N2CCC(CC(=O)O)C2)cn1. The maximum absolute atomic E-state index is 12.0. The Hall–Kier alpha value is -2.31. The van der Waals surface area contributed by atoms with Gasteiger partial charge in [0.25, 0.3) is 0 Å². The number of carboxylic acid groups (broad SMARTS) is 1. The molecule has 0 saturated carbocycles. The number of likely N-dealkylation sites (tertiary alicyclic amines) is 1. The van der Waals surface area contributed by atoms with Gasteiger partial charge in [0.2, 0.25) is 5.88 Å². The summed E-state index contributed by atoms with van der Waals surface area (Å²) in [6.07, 6.45) is 2.34. The second-order valence-electron chi connectivity index (χ2n) is 4.72. The third-order valence-corrected chi connectivity index (χ3v) is 3.23. The number of carbonyl (C=O) groups is 2. The lowest BCUT2D eigenvalue weighted by atomic mass is 10.1. The van der Waals surface area contributed by atoms with Crippen LogP contribution in [0, 0.1) is 5.92 Å². The highest BCUT2D eigenvalue weighted by molar-refractivity contribution is 5.89. The predicted molar refractivity (Wildman–Crippen MR) is 71.7 cm³/mol. The summed E-state index contributed by atoms with van der Waals surface area (Å²) in [4.78, 5) is 28.3. The number of nitrogens with zero attached hydrogens (tertiary/aromatic N) is 2. The minimum absolute atomic E-state index is 0.0345. The molecular formula is C13H17N3O4. The number of carbonyl (C=O) groups excluding carboxylic acids is 1. The number of anilines is 1. The molecule has 0 radical (unpaired) electrons. The van der Waals surface area contributed by atoms with Crippen molar-refractivity contribution < 1.29 is 19.4 Å². The number of rotatable bonds is 4. The van der Waals surface area contributed by atoms with Crippen LogP contribution in [0.25, 0.3) is 0 Å². The molecule has 0 aliphatic carbocycles. The van der Waals surface area contributed by atoms with E-state index in [0.717, 1.165) is 6.42 Å². The molecule has 20 heavy (non-hydrogen) atoms. The van der Waals surface area contributed by atoms with Crippen LogP contribution in [0.5, 0.6) is 5.88 Å². The molecular weight excluding hydrogens is 262 g/mol. The van der Waals surface area contributed by atoms with E-state index in [4.69, 9.17) is 9.84 Å². The largest absolute Gasteiger partial charge is 0.481 e. The molecule has 108 valence electrons. The van der Waals surface area contributed by atoms with Gasteiger partial charge in [0.15, 0.2) is 0 Å². The van der Waals surface area contributed by atoms with E-state index in [2.05, 4.69) is 10.3 Å². The van der Waals surface area contributed by atoms with Gasteiger partial charge in [-0.25, -0.2) is 9.78 Å². The number of ether oxygens (including phenoxy) is 1. The lowest BCUT2D eigenvalue weighted by molar-refractivity contribution is -0.138. The Morgan fingerprint density at radius 1 is 1.55 bits per heavy atom. The molecule has 7 nitrogen and oxygen atoms in total. The highest BCUT2D eigenvalue weighted by Gasteiger charge is 2.27. The molecule has 2 N–H and O–H groups in total. The van der Waals surface area contributed by atoms with Crippen LogP contribution in [0.2, 0.25) is 0 Å². The predicted octanol–water partition coefficient (Wildman–Crippen LogP) is 1.42. The molecule has 1 aliphatic heterocycles. The maximum Gasteiger partial charge on any atom is 0.321 e. The third-order valence-electron chi connectivity index (χ3n) is 3.23. The number of carboxylic acids is 1. The van der Waals surface area contributed by atoms with Crippen LogP contribution in [-0.4, -0.2) is 47.2 Å². The van der Waals surface area contributed by atoms with E-state index in [9.17, 15) is 9.59 Å². The number of aliphatic carboxylic acids is 1. The van der Waals surface area contributed by atoms with Gasteiger partial charge in [-0.05, 0) is 18.4 Å². The smallest absolute Gasteiger partial charge is 0.321 e. The first kappa shape index (κ1) is 14.1. The Kier molecular flexibility index (Phi) is 4.39. The highest BCUT2D eigenvalue weighted by atomic mass is 16.5. The van der Waals surface area contributed by atoms with Gasteiger partial charge in [-0.1, -0.05) is 0 Å². The maximum atomic E-state index is 12.0. The van der Waals surface area contributed by atoms with E-state index in [-0.39, 0.29) is 18.4 Å². The number of amides is 2. The molecule has 1 atom stereocenters. The van der Waals surface area contributed by atoms with Gasteiger partial charge < -0.3 is 20.1 Å². The van der Waals surface area contributed by atoms with Crippen molar-refractivity contribution in [3.63, 3.8) is 0 Å². The molecule has 1 saturated heterocycles. The lowest BCUT2D eigenvalue weighted by Gasteiger charge is -2.17. The number of hydrogen-bond acceptors (Lipinski definition) is 4. The molecule has 2 heterocycles. The number of methoxy groups -OCH3 is 1. The average molecular weight is 279 g/mol. The molecule has 1 aromatic heterocycles. The zero-order valence-corrected chi connectivity index (χ0v) is 11.2. The van der Waals surface area contributed by atoms with Crippen molar-refractivity contribution in [3.05, 3.63) is 18.3 Å². The molecule has 1 aliphatic rings. The Morgan fingerprint density at radius 3 is 2.95 bits per heavy atom. The number of nitrogens with one attached hydrogen (secondary N) is 1. The zero-order chi connectivity index (χ0) is 14.5. The average Bonchev–Trinajstić information content (AvgIpc) is 2.87. The van der Waals surface area contributed by atoms with Gasteiger partial charge in [0.1, 0.15) is 0 Å². The molecule has 0 aromatic carbocycles. The van der Waals surface area contributed by atoms with Gasteiger partial charge in [-0.15, -0.1) is 0 Å². The van der Waals surface area contributed by atoms with E-state index < -0.39 is 5.97 Å². The van der Waals surface area contributed by atoms with Crippen LogP contribution in [0.1, 0.15) is 12.8 Å². The van der Waals surface area contributed by atoms with Crippen LogP contribution >= 0.6 is 0 Å². The minimum Gasteiger partial charge on any atom is -0.481 e. The van der Waals surface area contributed by atoms with Gasteiger partial charge >= 0.3 is 12.0 Å². The van der Waals surface area contributed by atoms with Crippen molar-refractivity contribution >= 4 is 17.7 Å². The van der Waals surface area contributed by atoms with Crippen LogP contribution in [0.4, 0.5) is 10.5 Å². The van der Waals surface area contributed by atoms with E-state index in [1.165, 1.54) is 13.3 Å². The van der Waals surface area contributed by atoms with Gasteiger partial charge in [0.05, 0.1) is 19.0 Å². The van der Waals surface area contributed by atoms with Crippen molar-refractivity contribution in [1.29, 1.82) is 0 Å². The van der Waals surface area contributed by atoms with Crippen molar-refractivity contribution in [2.75, 3.05) is 25.5 Å². The summed E-state index contributed by atoms with van der Waals surface area (Å²) in [6.45, 7) is 1.05. The van der Waals surface area contributed by atoms with E-state index in [1.807, 2.05) is 0 Å². The number of urea groups is 1. The van der Waals surface area contributed by atoms with Gasteiger partial charge in [0, 0.05) is 25.6 Å². The Labute approximate surface area is 116 Å². The first-order chi connectivity index (χ1) is 9.58. The molecule has 0 spiro atoms. The molecule has 1 aromatic rings. The summed E-state index contributed by atoms with van der Waals surface area (Å²) in [7, 11) is 1.52. The third kappa shape index (κ3) is 3.59. The molecule has 7 heteroatoms. The fourth-order valence-corrected chi connectivity index (χ4v) is 2.21. The standard InChI is InChI=1S/C13H17N3O4/c1-20-11-3-2-10(7-14-11)15-13(19)16-5-4-9(8-16)6-12(17)18/h2-3,7,9H,4-6,8H2,1H3,(H,15,19)(H,17,18). The molecule has 1 fully saturated rings. The molecule has 0 bridgehead atoms. The van der Waals surface area contributed by atoms with E-state index >= 15 is 0 Å². The molecule has 2 amide bonds. The van der Waals surface area contributed by atoms with Crippen LogP contribution in [-0.2, 0) is 4.79 Å². The molecule has 1 unspecified atom stereocenters. The van der Waals surface area contributed by atoms with E-state index in [1.54, 1.807) is 17.0 Å². The normalized spacial score (nSPS) is 17.9. The summed E-state index contributed by atoms with van der Waals surface area (Å²) >= 11 is 0. The fraction of sp³-hybridized carbons (Fsp3) is 0.462. The first-order valence-electron chi connectivity index (χ1n) is 6.36. The summed E-state index contributed by atoms with van der Waals surface area (Å²) in [5.74, 6) is -0.311. The lowest BCUT2D eigenvalue weighted by Crippen LogP contribution is -2.33. The van der Waals surface area contributed by atoms with Crippen LogP contribution in [0.15, 0.2) is 18.3 Å². The molecule has 2 rings (SSSR count). The number of hydrogen-bond donors (Lipinski definition) is 2.